The second kappa shape index (κ2) is 9.28. The van der Waals surface area contributed by atoms with Gasteiger partial charge in [-0.1, -0.05) is 11.6 Å². The lowest BCUT2D eigenvalue weighted by Crippen LogP contribution is -2.44. The predicted octanol–water partition coefficient (Wildman–Crippen LogP) is 1.79. The van der Waals surface area contributed by atoms with Crippen molar-refractivity contribution in [2.24, 2.45) is 4.99 Å². The summed E-state index contributed by atoms with van der Waals surface area (Å²) in [5, 5.41) is 3.13. The smallest absolute Gasteiger partial charge is 0.215 e. The van der Waals surface area contributed by atoms with Gasteiger partial charge in [-0.2, -0.15) is 11.8 Å². The number of thioether (sulfide) groups is 1. The number of hydrogen-bond donors (Lipinski definition) is 1. The molecule has 0 saturated carbocycles. The van der Waals surface area contributed by atoms with Crippen LogP contribution >= 0.6 is 34.7 Å². The standard InChI is InChI=1S/C14H23ClN4O2S3/c1-16-14(18(2)11-12-3-4-13(15)23-12)17-5-10-24(20,21)19-6-8-22-9-7-19/h3-4H,5-11H2,1-2H3,(H,16,17). The van der Waals surface area contributed by atoms with Crippen LogP contribution in [0.5, 0.6) is 0 Å². The summed E-state index contributed by atoms with van der Waals surface area (Å²) in [4.78, 5) is 7.29. The van der Waals surface area contributed by atoms with Crippen molar-refractivity contribution in [3.05, 3.63) is 21.3 Å². The number of halogens is 1. The summed E-state index contributed by atoms with van der Waals surface area (Å²) in [6.07, 6.45) is 0. The van der Waals surface area contributed by atoms with Crippen LogP contribution < -0.4 is 5.32 Å². The maximum atomic E-state index is 12.3. The van der Waals surface area contributed by atoms with E-state index in [1.165, 1.54) is 11.3 Å². The van der Waals surface area contributed by atoms with E-state index in [0.717, 1.165) is 20.7 Å². The Bertz CT molecular complexity index is 657. The van der Waals surface area contributed by atoms with Gasteiger partial charge in [0.05, 0.1) is 16.6 Å². The Morgan fingerprint density at radius 3 is 2.71 bits per heavy atom. The maximum absolute atomic E-state index is 12.3. The number of sulfonamides is 1. The first-order chi connectivity index (χ1) is 11.4. The van der Waals surface area contributed by atoms with Crippen molar-refractivity contribution in [1.82, 2.24) is 14.5 Å². The third-order valence-electron chi connectivity index (χ3n) is 3.60. The number of aliphatic imine (C=N–C) groups is 1. The van der Waals surface area contributed by atoms with E-state index >= 15 is 0 Å². The van der Waals surface area contributed by atoms with E-state index in [9.17, 15) is 8.42 Å². The van der Waals surface area contributed by atoms with Gasteiger partial charge in [0.1, 0.15) is 0 Å². The molecule has 0 amide bonds. The average molecular weight is 411 g/mol. The summed E-state index contributed by atoms with van der Waals surface area (Å²) in [6.45, 7) is 2.24. The quantitative estimate of drug-likeness (QED) is 0.572. The Morgan fingerprint density at radius 1 is 1.42 bits per heavy atom. The summed E-state index contributed by atoms with van der Waals surface area (Å²) in [5.74, 6) is 2.50. The van der Waals surface area contributed by atoms with E-state index in [0.29, 0.717) is 32.1 Å². The summed E-state index contributed by atoms with van der Waals surface area (Å²) >= 11 is 9.27. The number of nitrogens with one attached hydrogen (secondary N) is 1. The van der Waals surface area contributed by atoms with Gasteiger partial charge < -0.3 is 10.2 Å². The number of hydrogen-bond acceptors (Lipinski definition) is 5. The Kier molecular flexibility index (Phi) is 7.67. The van der Waals surface area contributed by atoms with Crippen molar-refractivity contribution in [2.75, 3.05) is 51.0 Å². The van der Waals surface area contributed by atoms with Gasteiger partial charge in [0.2, 0.25) is 10.0 Å². The van der Waals surface area contributed by atoms with Gasteiger partial charge in [0, 0.05) is 50.1 Å². The second-order valence-corrected chi connectivity index (χ2v) is 10.5. The van der Waals surface area contributed by atoms with E-state index in [-0.39, 0.29) is 5.75 Å². The van der Waals surface area contributed by atoms with Gasteiger partial charge in [-0.05, 0) is 12.1 Å². The van der Waals surface area contributed by atoms with E-state index in [1.807, 2.05) is 24.1 Å². The van der Waals surface area contributed by atoms with Crippen LogP contribution in [0.4, 0.5) is 0 Å². The van der Waals surface area contributed by atoms with Crippen molar-refractivity contribution in [2.45, 2.75) is 6.54 Å². The van der Waals surface area contributed by atoms with Crippen LogP contribution in [0.25, 0.3) is 0 Å². The lowest BCUT2D eigenvalue weighted by molar-refractivity contribution is 0.442. The van der Waals surface area contributed by atoms with Crippen LogP contribution in [0.3, 0.4) is 0 Å². The molecule has 0 aliphatic carbocycles. The Morgan fingerprint density at radius 2 is 2.12 bits per heavy atom. The number of nitrogens with zero attached hydrogens (tertiary/aromatic N) is 3. The molecule has 10 heteroatoms. The summed E-state index contributed by atoms with van der Waals surface area (Å²) in [6, 6.07) is 3.85. The average Bonchev–Trinajstić information content (AvgIpc) is 2.97. The van der Waals surface area contributed by atoms with E-state index in [1.54, 1.807) is 23.1 Å². The Hall–Kier alpha value is -0.480. The molecular formula is C14H23ClN4O2S3. The normalized spacial score (nSPS) is 17.0. The molecule has 24 heavy (non-hydrogen) atoms. The molecule has 1 aromatic rings. The summed E-state index contributed by atoms with van der Waals surface area (Å²) < 4.78 is 27.0. The zero-order valence-corrected chi connectivity index (χ0v) is 17.1. The minimum Gasteiger partial charge on any atom is -0.355 e. The van der Waals surface area contributed by atoms with Crippen LogP contribution in [-0.2, 0) is 16.6 Å². The highest BCUT2D eigenvalue weighted by Crippen LogP contribution is 2.22. The fourth-order valence-electron chi connectivity index (χ4n) is 2.38. The maximum Gasteiger partial charge on any atom is 0.215 e. The molecule has 1 aliphatic rings. The molecule has 1 saturated heterocycles. The molecule has 1 aliphatic heterocycles. The largest absolute Gasteiger partial charge is 0.355 e. The van der Waals surface area contributed by atoms with Crippen LogP contribution in [0, 0.1) is 0 Å². The monoisotopic (exact) mass is 410 g/mol. The topological polar surface area (TPSA) is 65.0 Å². The van der Waals surface area contributed by atoms with Crippen molar-refractivity contribution >= 4 is 50.7 Å². The van der Waals surface area contributed by atoms with Gasteiger partial charge in [0.15, 0.2) is 5.96 Å². The van der Waals surface area contributed by atoms with Crippen LogP contribution in [-0.4, -0.2) is 74.6 Å². The third-order valence-corrected chi connectivity index (χ3v) is 7.63. The summed E-state index contributed by atoms with van der Waals surface area (Å²) in [5.41, 5.74) is 0. The fraction of sp³-hybridized carbons (Fsp3) is 0.643. The Balaban J connectivity index is 1.82. The molecule has 136 valence electrons. The van der Waals surface area contributed by atoms with Gasteiger partial charge in [-0.25, -0.2) is 12.7 Å². The van der Waals surface area contributed by atoms with Crippen LogP contribution in [0.15, 0.2) is 17.1 Å². The van der Waals surface area contributed by atoms with Gasteiger partial charge in [-0.3, -0.25) is 4.99 Å². The fourth-order valence-corrected chi connectivity index (χ4v) is 6.01. The molecule has 0 radical (unpaired) electrons. The molecule has 0 aromatic carbocycles. The molecule has 6 nitrogen and oxygen atoms in total. The minimum absolute atomic E-state index is 0.0787. The van der Waals surface area contributed by atoms with Gasteiger partial charge in [-0.15, -0.1) is 11.3 Å². The first-order valence-corrected chi connectivity index (χ1v) is 11.6. The van der Waals surface area contributed by atoms with Crippen molar-refractivity contribution in [3.63, 3.8) is 0 Å². The highest BCUT2D eigenvalue weighted by Gasteiger charge is 2.23. The first-order valence-electron chi connectivity index (χ1n) is 7.64. The summed E-state index contributed by atoms with van der Waals surface area (Å²) in [7, 11) is 0.407. The lowest BCUT2D eigenvalue weighted by Gasteiger charge is -2.26. The van der Waals surface area contributed by atoms with Gasteiger partial charge >= 0.3 is 0 Å². The van der Waals surface area contributed by atoms with Crippen molar-refractivity contribution < 1.29 is 8.42 Å². The van der Waals surface area contributed by atoms with E-state index < -0.39 is 10.0 Å². The van der Waals surface area contributed by atoms with E-state index in [4.69, 9.17) is 11.6 Å². The highest BCUT2D eigenvalue weighted by molar-refractivity contribution is 7.99. The number of thiophene rings is 1. The SMILES string of the molecule is CN=C(NCCS(=O)(=O)N1CCSCC1)N(C)Cc1ccc(Cl)s1. The molecule has 0 atom stereocenters. The predicted molar refractivity (Wildman–Crippen MR) is 105 cm³/mol. The second-order valence-electron chi connectivity index (χ2n) is 5.36. The number of guanidine groups is 1. The molecule has 1 N–H and O–H groups in total. The Labute approximate surface area is 157 Å². The van der Waals surface area contributed by atoms with E-state index in [2.05, 4.69) is 10.3 Å². The highest BCUT2D eigenvalue weighted by atomic mass is 35.5. The zero-order chi connectivity index (χ0) is 17.6. The molecular weight excluding hydrogens is 388 g/mol. The molecule has 1 fully saturated rings. The molecule has 0 bridgehead atoms. The molecule has 2 heterocycles. The minimum atomic E-state index is -3.20. The first kappa shape index (κ1) is 19.8. The van der Waals surface area contributed by atoms with Crippen LogP contribution in [0.2, 0.25) is 4.34 Å². The molecule has 0 spiro atoms. The molecule has 1 aromatic heterocycles. The zero-order valence-electron chi connectivity index (χ0n) is 13.9. The van der Waals surface area contributed by atoms with Crippen molar-refractivity contribution in [1.29, 1.82) is 0 Å². The lowest BCUT2D eigenvalue weighted by atomic mass is 10.4. The van der Waals surface area contributed by atoms with Crippen LogP contribution in [0.1, 0.15) is 4.88 Å². The van der Waals surface area contributed by atoms with Gasteiger partial charge in [0.25, 0.3) is 0 Å². The van der Waals surface area contributed by atoms with Crippen molar-refractivity contribution in [3.8, 4) is 0 Å². The third kappa shape index (κ3) is 5.80. The molecule has 0 unspecified atom stereocenters. The number of rotatable bonds is 6. The molecule has 2 rings (SSSR count).